The van der Waals surface area contributed by atoms with Gasteiger partial charge in [-0.05, 0) is 30.7 Å². The molecule has 0 N–H and O–H groups in total. The zero-order chi connectivity index (χ0) is 16.7. The zero-order valence-corrected chi connectivity index (χ0v) is 13.0. The van der Waals surface area contributed by atoms with Gasteiger partial charge in [-0.1, -0.05) is 28.1 Å². The Bertz CT molecular complexity index is 791. The van der Waals surface area contributed by atoms with Crippen LogP contribution in [0.2, 0.25) is 0 Å². The lowest BCUT2D eigenvalue weighted by atomic mass is 9.98. The van der Waals surface area contributed by atoms with E-state index in [2.05, 4.69) is 22.0 Å². The normalized spacial score (nSPS) is 8.95. The second kappa shape index (κ2) is 7.84. The van der Waals surface area contributed by atoms with Crippen LogP contribution in [0.15, 0.2) is 40.9 Å². The van der Waals surface area contributed by atoms with Crippen molar-refractivity contribution in [1.29, 1.82) is 5.26 Å². The molecular formula is C15H9BrN2O4. The molecule has 2 aromatic carbocycles. The summed E-state index contributed by atoms with van der Waals surface area (Å²) in [4.78, 5) is 27.0. The number of aryl methyl sites for hydroxylation is 1. The molecule has 0 atom stereocenters. The highest BCUT2D eigenvalue weighted by atomic mass is 79.9. The summed E-state index contributed by atoms with van der Waals surface area (Å²) in [6.07, 6.45) is 0.250. The van der Waals surface area contributed by atoms with Crippen molar-refractivity contribution in [3.63, 3.8) is 0 Å². The van der Waals surface area contributed by atoms with E-state index in [0.717, 1.165) is 10.0 Å². The fraction of sp³-hybridized carbons (Fsp3) is 0.0667. The molecule has 6 nitrogen and oxygen atoms in total. The average Bonchev–Trinajstić information content (AvgIpc) is 2.48. The third-order valence-corrected chi connectivity index (χ3v) is 3.24. The van der Waals surface area contributed by atoms with E-state index in [1.807, 2.05) is 0 Å². The van der Waals surface area contributed by atoms with Crippen LogP contribution in [0.25, 0.3) is 11.1 Å². The maximum Gasteiger partial charge on any atom is 0.373 e. The molecule has 0 bridgehead atoms. The summed E-state index contributed by atoms with van der Waals surface area (Å²) in [5.74, 6) is 0. The molecule has 0 radical (unpaired) electrons. The van der Waals surface area contributed by atoms with Crippen molar-refractivity contribution < 1.29 is 14.5 Å². The summed E-state index contributed by atoms with van der Waals surface area (Å²) in [7, 11) is 0. The number of hydrogen-bond acceptors (Lipinski definition) is 5. The lowest BCUT2D eigenvalue weighted by molar-refractivity contribution is -0.384. The molecule has 0 fully saturated rings. The van der Waals surface area contributed by atoms with Crippen LogP contribution in [0.1, 0.15) is 11.1 Å². The summed E-state index contributed by atoms with van der Waals surface area (Å²) in [6.45, 7) is 1.80. The first-order valence-electron chi connectivity index (χ1n) is 5.89. The Morgan fingerprint density at radius 3 is 2.27 bits per heavy atom. The minimum atomic E-state index is -0.425. The van der Waals surface area contributed by atoms with Gasteiger partial charge in [0, 0.05) is 16.1 Å². The van der Waals surface area contributed by atoms with Gasteiger partial charge in [0.15, 0.2) is 0 Å². The number of carbonyl (C=O) groups excluding carboxylic acids is 2. The summed E-state index contributed by atoms with van der Waals surface area (Å²) in [5, 5.41) is 20.3. The molecule has 7 heteroatoms. The van der Waals surface area contributed by atoms with Crippen molar-refractivity contribution in [1.82, 2.24) is 0 Å². The number of benzene rings is 2. The highest BCUT2D eigenvalue weighted by Crippen LogP contribution is 2.33. The molecule has 110 valence electrons. The van der Waals surface area contributed by atoms with Crippen molar-refractivity contribution in [3.05, 3.63) is 62.1 Å². The Balaban J connectivity index is 0.000000745. The number of nitro benzene ring substituents is 1. The van der Waals surface area contributed by atoms with Crippen LogP contribution in [0.5, 0.6) is 0 Å². The molecule has 0 saturated heterocycles. The van der Waals surface area contributed by atoms with E-state index >= 15 is 0 Å². The Labute approximate surface area is 134 Å². The highest BCUT2D eigenvalue weighted by Gasteiger charge is 2.17. The second-order valence-electron chi connectivity index (χ2n) is 4.16. The van der Waals surface area contributed by atoms with Crippen molar-refractivity contribution in [3.8, 4) is 17.2 Å². The molecule has 0 aliphatic heterocycles. The minimum Gasteiger partial charge on any atom is -0.258 e. The molecule has 2 aromatic rings. The molecule has 2 rings (SSSR count). The first kappa shape index (κ1) is 17.2. The van der Waals surface area contributed by atoms with E-state index in [1.165, 1.54) is 6.07 Å². The largest absolute Gasteiger partial charge is 0.373 e. The van der Waals surface area contributed by atoms with Crippen LogP contribution in [0.4, 0.5) is 5.69 Å². The monoisotopic (exact) mass is 360 g/mol. The van der Waals surface area contributed by atoms with Gasteiger partial charge in [0.1, 0.15) is 0 Å². The predicted molar refractivity (Wildman–Crippen MR) is 80.7 cm³/mol. The van der Waals surface area contributed by atoms with Crippen molar-refractivity contribution in [2.75, 3.05) is 0 Å². The molecule has 0 aliphatic carbocycles. The number of rotatable bonds is 2. The van der Waals surface area contributed by atoms with Crippen molar-refractivity contribution in [2.24, 2.45) is 0 Å². The molecule has 0 spiro atoms. The van der Waals surface area contributed by atoms with Crippen LogP contribution in [-0.2, 0) is 9.59 Å². The first-order valence-corrected chi connectivity index (χ1v) is 6.68. The maximum absolute atomic E-state index is 11.1. The van der Waals surface area contributed by atoms with Crippen molar-refractivity contribution >= 4 is 27.8 Å². The van der Waals surface area contributed by atoms with E-state index in [9.17, 15) is 10.1 Å². The summed E-state index contributed by atoms with van der Waals surface area (Å²) in [5.41, 5.74) is 2.25. The number of nitrogens with zero attached hydrogens (tertiary/aromatic N) is 2. The van der Waals surface area contributed by atoms with Gasteiger partial charge in [-0.3, -0.25) is 10.1 Å². The van der Waals surface area contributed by atoms with Gasteiger partial charge in [-0.25, -0.2) is 0 Å². The maximum atomic E-state index is 11.1. The van der Waals surface area contributed by atoms with Gasteiger partial charge in [0.2, 0.25) is 0 Å². The highest BCUT2D eigenvalue weighted by molar-refractivity contribution is 9.10. The topological polar surface area (TPSA) is 101 Å². The van der Waals surface area contributed by atoms with Gasteiger partial charge in [0.25, 0.3) is 5.69 Å². The average molecular weight is 361 g/mol. The van der Waals surface area contributed by atoms with Crippen LogP contribution in [-0.4, -0.2) is 11.1 Å². The van der Waals surface area contributed by atoms with Gasteiger partial charge >= 0.3 is 6.15 Å². The van der Waals surface area contributed by atoms with Gasteiger partial charge in [-0.15, -0.1) is 0 Å². The second-order valence-corrected chi connectivity index (χ2v) is 5.08. The molecule has 22 heavy (non-hydrogen) atoms. The van der Waals surface area contributed by atoms with Gasteiger partial charge in [-0.2, -0.15) is 14.9 Å². The lowest BCUT2D eigenvalue weighted by Gasteiger charge is -2.06. The number of halogens is 1. The zero-order valence-electron chi connectivity index (χ0n) is 11.4. The molecular weight excluding hydrogens is 352 g/mol. The van der Waals surface area contributed by atoms with E-state index in [-0.39, 0.29) is 11.8 Å². The molecule has 0 aliphatic rings. The quantitative estimate of drug-likeness (QED) is 0.601. The summed E-state index contributed by atoms with van der Waals surface area (Å²) < 4.78 is 0.766. The van der Waals surface area contributed by atoms with Crippen LogP contribution < -0.4 is 0 Å². The molecule has 0 heterocycles. The Kier molecular flexibility index (Phi) is 6.14. The Morgan fingerprint density at radius 1 is 1.14 bits per heavy atom. The Morgan fingerprint density at radius 2 is 1.73 bits per heavy atom. The number of hydrogen-bond donors (Lipinski definition) is 0. The minimum absolute atomic E-state index is 0.0128. The molecule has 0 unspecified atom stereocenters. The van der Waals surface area contributed by atoms with Crippen molar-refractivity contribution in [2.45, 2.75) is 6.92 Å². The van der Waals surface area contributed by atoms with E-state index < -0.39 is 4.92 Å². The number of nitriles is 1. The molecule has 0 aromatic heterocycles. The third kappa shape index (κ3) is 4.09. The molecule has 0 saturated carbocycles. The fourth-order valence-electron chi connectivity index (χ4n) is 1.86. The van der Waals surface area contributed by atoms with E-state index in [4.69, 9.17) is 14.9 Å². The standard InChI is InChI=1S/C14H9BrN2O2.CO2/c1-9-2-4-13(14(6-9)17(18)19)12-5-3-11(15)7-10(12)8-16;2-1-3/h2-7H,1H3;. The SMILES string of the molecule is Cc1ccc(-c2ccc(Br)cc2C#N)c([N+](=O)[O-])c1.O=C=O. The van der Waals surface area contributed by atoms with Gasteiger partial charge < -0.3 is 0 Å². The Hall–Kier alpha value is -2.81. The van der Waals surface area contributed by atoms with Gasteiger partial charge in [0.05, 0.1) is 22.1 Å². The fourth-order valence-corrected chi connectivity index (χ4v) is 2.23. The molecule has 0 amide bonds. The summed E-state index contributed by atoms with van der Waals surface area (Å²) in [6, 6.07) is 12.2. The predicted octanol–water partition coefficient (Wildman–Crippen LogP) is 3.62. The summed E-state index contributed by atoms with van der Waals surface area (Å²) >= 11 is 3.28. The number of nitro groups is 1. The van der Waals surface area contributed by atoms with Crippen LogP contribution in [0.3, 0.4) is 0 Å². The van der Waals surface area contributed by atoms with E-state index in [0.29, 0.717) is 16.7 Å². The third-order valence-electron chi connectivity index (χ3n) is 2.74. The van der Waals surface area contributed by atoms with Crippen LogP contribution in [0, 0.1) is 28.4 Å². The van der Waals surface area contributed by atoms with Crippen LogP contribution >= 0.6 is 15.9 Å². The lowest BCUT2D eigenvalue weighted by Crippen LogP contribution is -1.94. The van der Waals surface area contributed by atoms with E-state index in [1.54, 1.807) is 37.3 Å². The first-order chi connectivity index (χ1) is 10.4. The smallest absolute Gasteiger partial charge is 0.258 e.